The number of rotatable bonds is 9. The van der Waals surface area contributed by atoms with E-state index in [2.05, 4.69) is 23.9 Å². The molecular formula is C28H38FN3O4. The molecule has 0 aromatic heterocycles. The number of carbonyl (C=O) groups excluding carboxylic acids is 1. The molecule has 8 heteroatoms. The van der Waals surface area contributed by atoms with Crippen molar-refractivity contribution in [3.8, 4) is 17.2 Å². The topological polar surface area (TPSA) is 54.5 Å². The van der Waals surface area contributed by atoms with Crippen LogP contribution in [0.1, 0.15) is 18.4 Å². The van der Waals surface area contributed by atoms with Crippen LogP contribution < -0.4 is 14.2 Å². The van der Waals surface area contributed by atoms with Crippen molar-refractivity contribution >= 4 is 5.91 Å². The smallest absolute Gasteiger partial charge is 0.227 e. The van der Waals surface area contributed by atoms with Gasteiger partial charge in [-0.15, -0.1) is 0 Å². The summed E-state index contributed by atoms with van der Waals surface area (Å²) in [5.74, 6) is 1.87. The van der Waals surface area contributed by atoms with E-state index in [4.69, 9.17) is 14.2 Å². The van der Waals surface area contributed by atoms with Crippen LogP contribution in [-0.2, 0) is 11.3 Å². The molecule has 2 aliphatic rings. The maximum Gasteiger partial charge on any atom is 0.227 e. The van der Waals surface area contributed by atoms with Gasteiger partial charge in [0.05, 0.1) is 26.7 Å². The van der Waals surface area contributed by atoms with Gasteiger partial charge >= 0.3 is 0 Å². The van der Waals surface area contributed by atoms with Crippen LogP contribution in [0.3, 0.4) is 0 Å². The molecule has 4 rings (SSSR count). The minimum absolute atomic E-state index is 0.0964. The van der Waals surface area contributed by atoms with E-state index in [1.807, 2.05) is 23.1 Å². The maximum atomic E-state index is 13.6. The molecule has 2 aliphatic heterocycles. The number of ether oxygens (including phenoxy) is 3. The normalized spacial score (nSPS) is 22.6. The highest BCUT2D eigenvalue weighted by Crippen LogP contribution is 2.31. The largest absolute Gasteiger partial charge is 0.493 e. The van der Waals surface area contributed by atoms with E-state index in [0.29, 0.717) is 43.0 Å². The highest BCUT2D eigenvalue weighted by Gasteiger charge is 2.37. The summed E-state index contributed by atoms with van der Waals surface area (Å²) in [5, 5.41) is 0. The van der Waals surface area contributed by atoms with Crippen molar-refractivity contribution in [2.45, 2.75) is 25.4 Å². The molecule has 0 spiro atoms. The van der Waals surface area contributed by atoms with Gasteiger partial charge < -0.3 is 24.0 Å². The Hall–Kier alpha value is -2.84. The average molecular weight is 500 g/mol. The first kappa shape index (κ1) is 26.2. The molecular weight excluding hydrogens is 461 g/mol. The molecule has 36 heavy (non-hydrogen) atoms. The summed E-state index contributed by atoms with van der Waals surface area (Å²) in [7, 11) is 7.41. The minimum atomic E-state index is -0.316. The number of hydrogen-bond acceptors (Lipinski definition) is 6. The maximum absolute atomic E-state index is 13.6. The van der Waals surface area contributed by atoms with Crippen molar-refractivity contribution in [2.75, 3.05) is 61.1 Å². The van der Waals surface area contributed by atoms with Crippen LogP contribution >= 0.6 is 0 Å². The zero-order valence-electron chi connectivity index (χ0n) is 21.8. The third-order valence-electron chi connectivity index (χ3n) is 7.30. The van der Waals surface area contributed by atoms with Gasteiger partial charge in [-0.1, -0.05) is 12.1 Å². The summed E-state index contributed by atoms with van der Waals surface area (Å²) in [6.07, 6.45) is 1.77. The highest BCUT2D eigenvalue weighted by molar-refractivity contribution is 5.79. The van der Waals surface area contributed by atoms with E-state index in [0.717, 1.165) is 38.0 Å². The molecule has 1 amide bonds. The van der Waals surface area contributed by atoms with E-state index in [1.165, 1.54) is 12.1 Å². The number of piperidine rings is 1. The van der Waals surface area contributed by atoms with Crippen molar-refractivity contribution in [2.24, 2.45) is 11.8 Å². The van der Waals surface area contributed by atoms with Gasteiger partial charge in [0.1, 0.15) is 11.6 Å². The number of amides is 1. The van der Waals surface area contributed by atoms with Gasteiger partial charge in [-0.25, -0.2) is 4.39 Å². The summed E-state index contributed by atoms with van der Waals surface area (Å²) >= 11 is 0. The standard InChI is InChI=1S/C28H38FN3O4/c1-30(2)24-10-11-32(18-24)28(33)22-12-21(19-36-25-7-5-6-23(29)14-25)16-31(17-22)15-20-8-9-26(34-3)27(13-20)35-4/h5-9,13-14,21-22,24H,10-12,15-19H2,1-4H3/t21-,22+,24?/m0/s1. The van der Waals surface area contributed by atoms with Crippen molar-refractivity contribution in [1.82, 2.24) is 14.7 Å². The zero-order chi connectivity index (χ0) is 25.7. The van der Waals surface area contributed by atoms with E-state index >= 15 is 0 Å². The molecule has 7 nitrogen and oxygen atoms in total. The number of nitrogens with zero attached hydrogens (tertiary/aromatic N) is 3. The Morgan fingerprint density at radius 3 is 2.56 bits per heavy atom. The first-order valence-electron chi connectivity index (χ1n) is 12.6. The molecule has 2 fully saturated rings. The summed E-state index contributed by atoms with van der Waals surface area (Å²) in [6, 6.07) is 12.6. The number of halogens is 1. The second-order valence-corrected chi connectivity index (χ2v) is 10.1. The Kier molecular flexibility index (Phi) is 8.69. The lowest BCUT2D eigenvalue weighted by atomic mass is 9.88. The lowest BCUT2D eigenvalue weighted by molar-refractivity contribution is -0.137. The number of methoxy groups -OCH3 is 2. The molecule has 1 unspecified atom stereocenters. The SMILES string of the molecule is COc1ccc(CN2C[C@@H](COc3cccc(F)c3)C[C@@H](C(=O)N3CCC(N(C)C)C3)C2)cc1OC. The van der Waals surface area contributed by atoms with Crippen LogP contribution in [-0.4, -0.2) is 87.7 Å². The van der Waals surface area contributed by atoms with Gasteiger partial charge in [0.25, 0.3) is 0 Å². The first-order chi connectivity index (χ1) is 17.4. The Bertz CT molecular complexity index is 1030. The van der Waals surface area contributed by atoms with Gasteiger partial charge in [0.15, 0.2) is 11.5 Å². The van der Waals surface area contributed by atoms with Crippen LogP contribution in [0.5, 0.6) is 17.2 Å². The van der Waals surface area contributed by atoms with Crippen molar-refractivity contribution in [3.05, 3.63) is 53.8 Å². The fraction of sp³-hybridized carbons (Fsp3) is 0.536. The van der Waals surface area contributed by atoms with Crippen molar-refractivity contribution < 1.29 is 23.4 Å². The number of carbonyl (C=O) groups is 1. The molecule has 3 atom stereocenters. The van der Waals surface area contributed by atoms with Gasteiger partial charge in [0, 0.05) is 50.7 Å². The molecule has 2 aromatic rings. The minimum Gasteiger partial charge on any atom is -0.493 e. The molecule has 0 bridgehead atoms. The second-order valence-electron chi connectivity index (χ2n) is 10.1. The number of likely N-dealkylation sites (N-methyl/N-ethyl adjacent to an activating group) is 1. The van der Waals surface area contributed by atoms with E-state index in [9.17, 15) is 9.18 Å². The van der Waals surface area contributed by atoms with Crippen LogP contribution in [0.25, 0.3) is 0 Å². The van der Waals surface area contributed by atoms with Crippen molar-refractivity contribution in [3.63, 3.8) is 0 Å². The monoisotopic (exact) mass is 499 g/mol. The van der Waals surface area contributed by atoms with E-state index in [-0.39, 0.29) is 23.6 Å². The number of likely N-dealkylation sites (tertiary alicyclic amines) is 2. The lowest BCUT2D eigenvalue weighted by Crippen LogP contribution is -2.48. The average Bonchev–Trinajstić information content (AvgIpc) is 3.38. The predicted octanol–water partition coefficient (Wildman–Crippen LogP) is 3.52. The quantitative estimate of drug-likeness (QED) is 0.526. The Balaban J connectivity index is 1.47. The molecule has 196 valence electrons. The van der Waals surface area contributed by atoms with E-state index in [1.54, 1.807) is 26.4 Å². The Morgan fingerprint density at radius 1 is 1.06 bits per heavy atom. The molecule has 0 saturated carbocycles. The van der Waals surface area contributed by atoms with Gasteiger partial charge in [-0.3, -0.25) is 9.69 Å². The first-order valence-corrected chi connectivity index (χ1v) is 12.6. The number of benzene rings is 2. The molecule has 0 N–H and O–H groups in total. The summed E-state index contributed by atoms with van der Waals surface area (Å²) in [6.45, 7) is 4.22. The predicted molar refractivity (Wildman–Crippen MR) is 137 cm³/mol. The lowest BCUT2D eigenvalue weighted by Gasteiger charge is -2.38. The Morgan fingerprint density at radius 2 is 1.86 bits per heavy atom. The second kappa shape index (κ2) is 11.9. The summed E-state index contributed by atoms with van der Waals surface area (Å²) < 4.78 is 30.4. The van der Waals surface area contributed by atoms with Crippen molar-refractivity contribution in [1.29, 1.82) is 0 Å². The summed E-state index contributed by atoms with van der Waals surface area (Å²) in [4.78, 5) is 20.1. The third kappa shape index (κ3) is 6.48. The number of hydrogen-bond donors (Lipinski definition) is 0. The summed E-state index contributed by atoms with van der Waals surface area (Å²) in [5.41, 5.74) is 1.10. The van der Waals surface area contributed by atoms with E-state index < -0.39 is 0 Å². The van der Waals surface area contributed by atoms with Gasteiger partial charge in [-0.2, -0.15) is 0 Å². The van der Waals surface area contributed by atoms with Crippen LogP contribution in [0.2, 0.25) is 0 Å². The third-order valence-corrected chi connectivity index (χ3v) is 7.30. The van der Waals surface area contributed by atoms with Gasteiger partial charge in [0.2, 0.25) is 5.91 Å². The highest BCUT2D eigenvalue weighted by atomic mass is 19.1. The van der Waals surface area contributed by atoms with Gasteiger partial charge in [-0.05, 0) is 56.8 Å². The fourth-order valence-electron chi connectivity index (χ4n) is 5.36. The Labute approximate surface area is 213 Å². The molecule has 2 saturated heterocycles. The molecule has 2 aromatic carbocycles. The van der Waals surface area contributed by atoms with Crippen LogP contribution in [0, 0.1) is 17.7 Å². The zero-order valence-corrected chi connectivity index (χ0v) is 21.8. The molecule has 0 radical (unpaired) electrons. The molecule has 2 heterocycles. The van der Waals surface area contributed by atoms with Crippen LogP contribution in [0.4, 0.5) is 4.39 Å². The molecule has 0 aliphatic carbocycles. The van der Waals surface area contributed by atoms with Crippen LogP contribution in [0.15, 0.2) is 42.5 Å². The fourth-order valence-corrected chi connectivity index (χ4v) is 5.36.